The Morgan fingerprint density at radius 2 is 1.67 bits per heavy atom. The zero-order valence-electron chi connectivity index (χ0n) is 11.2. The van der Waals surface area contributed by atoms with Crippen molar-refractivity contribution in [2.24, 2.45) is 0 Å². The van der Waals surface area contributed by atoms with Crippen molar-refractivity contribution >= 4 is 27.7 Å². The van der Waals surface area contributed by atoms with Gasteiger partial charge in [0.2, 0.25) is 5.78 Å². The van der Waals surface area contributed by atoms with Crippen LogP contribution in [0.1, 0.15) is 27.6 Å². The first-order chi connectivity index (χ1) is 9.97. The van der Waals surface area contributed by atoms with Gasteiger partial charge in [0.15, 0.2) is 18.5 Å². The van der Waals surface area contributed by atoms with Gasteiger partial charge in [-0.3, -0.25) is 4.79 Å². The highest BCUT2D eigenvalue weighted by molar-refractivity contribution is 9.10. The lowest BCUT2D eigenvalue weighted by Gasteiger charge is -2.12. The summed E-state index contributed by atoms with van der Waals surface area (Å²) in [6.45, 7) is 1.51. The molecule has 5 nitrogen and oxygen atoms in total. The van der Waals surface area contributed by atoms with Gasteiger partial charge in [0.1, 0.15) is 0 Å². The van der Waals surface area contributed by atoms with E-state index in [1.165, 1.54) is 31.5 Å². The third-order valence-electron chi connectivity index (χ3n) is 2.82. The maximum absolute atomic E-state index is 12.1. The number of hydrogen-bond donors (Lipinski definition) is 0. The number of pyridine rings is 1. The van der Waals surface area contributed by atoms with Crippen molar-refractivity contribution < 1.29 is 19.1 Å². The maximum Gasteiger partial charge on any atom is 0.339 e. The predicted octanol–water partition coefficient (Wildman–Crippen LogP) is 2.51. The number of nitrogens with zero attached hydrogens (tertiary/aromatic N) is 1. The Labute approximate surface area is 129 Å². The van der Waals surface area contributed by atoms with Gasteiger partial charge in [0, 0.05) is 22.2 Å². The molecular formula is C15H12BrNO4. The number of ketones is 1. The fraction of sp³-hybridized carbons (Fsp3) is 0.133. The van der Waals surface area contributed by atoms with Crippen molar-refractivity contribution in [3.63, 3.8) is 0 Å². The molecule has 0 saturated carbocycles. The lowest BCUT2D eigenvalue weighted by Crippen LogP contribution is -2.27. The summed E-state index contributed by atoms with van der Waals surface area (Å²) in [6, 6.07) is 9.47. The van der Waals surface area contributed by atoms with Crippen LogP contribution in [0.15, 0.2) is 53.3 Å². The number of Topliss-reactive ketones (excluding diaryl/α,β-unsaturated/α-hetero) is 1. The Bertz CT molecular complexity index is 652. The van der Waals surface area contributed by atoms with Gasteiger partial charge in [0.05, 0.1) is 5.56 Å². The average Bonchev–Trinajstić information content (AvgIpc) is 2.47. The number of rotatable bonds is 4. The van der Waals surface area contributed by atoms with E-state index in [1.54, 1.807) is 24.3 Å². The van der Waals surface area contributed by atoms with Crippen LogP contribution in [0.2, 0.25) is 0 Å². The topological polar surface area (TPSA) is 70.3 Å². The molecule has 0 N–H and O–H groups in total. The molecule has 0 radical (unpaired) electrons. The monoisotopic (exact) mass is 349 g/mol. The molecule has 0 aliphatic heterocycles. The van der Waals surface area contributed by atoms with E-state index >= 15 is 0 Å². The van der Waals surface area contributed by atoms with Gasteiger partial charge in [-0.15, -0.1) is 0 Å². The quantitative estimate of drug-likeness (QED) is 0.368. The van der Waals surface area contributed by atoms with Crippen LogP contribution in [-0.2, 0) is 4.74 Å². The largest absolute Gasteiger partial charge is 0.619 e. The van der Waals surface area contributed by atoms with Crippen LogP contribution in [0.25, 0.3) is 0 Å². The molecule has 1 aromatic carbocycles. The Balaban J connectivity index is 2.05. The van der Waals surface area contributed by atoms with E-state index in [4.69, 9.17) is 4.74 Å². The lowest BCUT2D eigenvalue weighted by molar-refractivity contribution is -0.605. The first-order valence-corrected chi connectivity index (χ1v) is 6.96. The van der Waals surface area contributed by atoms with Crippen LogP contribution < -0.4 is 4.73 Å². The summed E-state index contributed by atoms with van der Waals surface area (Å²) in [5.41, 5.74) is 0.682. The molecule has 0 bridgehead atoms. The van der Waals surface area contributed by atoms with Gasteiger partial charge in [-0.1, -0.05) is 28.1 Å². The number of carbonyl (C=O) groups excluding carboxylic acids is 2. The normalized spacial score (nSPS) is 11.7. The summed E-state index contributed by atoms with van der Waals surface area (Å²) in [7, 11) is 0. The van der Waals surface area contributed by atoms with Crippen molar-refractivity contribution in [3.05, 3.63) is 69.6 Å². The number of hydrogen-bond acceptors (Lipinski definition) is 4. The van der Waals surface area contributed by atoms with Crippen LogP contribution in [-0.4, -0.2) is 17.9 Å². The van der Waals surface area contributed by atoms with Crippen LogP contribution in [0.5, 0.6) is 0 Å². The first-order valence-electron chi connectivity index (χ1n) is 6.17. The molecule has 2 rings (SSSR count). The number of ether oxygens (including phenoxy) is 1. The molecule has 0 amide bonds. The number of halogens is 1. The minimum Gasteiger partial charge on any atom is -0.619 e. The minimum absolute atomic E-state index is 0.220. The van der Waals surface area contributed by atoms with Gasteiger partial charge >= 0.3 is 5.97 Å². The minimum atomic E-state index is -0.904. The van der Waals surface area contributed by atoms with Crippen molar-refractivity contribution in [1.82, 2.24) is 0 Å². The second-order valence-corrected chi connectivity index (χ2v) is 5.28. The van der Waals surface area contributed by atoms with Crippen LogP contribution in [0, 0.1) is 5.21 Å². The average molecular weight is 350 g/mol. The summed E-state index contributed by atoms with van der Waals surface area (Å²) in [5, 5.41) is 10.9. The van der Waals surface area contributed by atoms with Crippen molar-refractivity contribution in [2.75, 3.05) is 0 Å². The molecule has 0 fully saturated rings. The zero-order chi connectivity index (χ0) is 15.4. The molecule has 108 valence electrons. The summed E-state index contributed by atoms with van der Waals surface area (Å²) >= 11 is 3.28. The highest BCUT2D eigenvalue weighted by atomic mass is 79.9. The molecule has 21 heavy (non-hydrogen) atoms. The lowest BCUT2D eigenvalue weighted by atomic mass is 10.1. The smallest absolute Gasteiger partial charge is 0.339 e. The summed E-state index contributed by atoms with van der Waals surface area (Å²) in [6.07, 6.45) is 1.48. The van der Waals surface area contributed by atoms with Crippen LogP contribution in [0.4, 0.5) is 0 Å². The third kappa shape index (κ3) is 3.88. The number of aromatic nitrogens is 1. The van der Waals surface area contributed by atoms with Crippen LogP contribution in [0.3, 0.4) is 0 Å². The number of benzene rings is 1. The molecule has 1 aromatic heterocycles. The molecular weight excluding hydrogens is 338 g/mol. The molecule has 0 aliphatic rings. The van der Waals surface area contributed by atoms with Gasteiger partial charge in [-0.2, -0.15) is 4.73 Å². The predicted molar refractivity (Wildman–Crippen MR) is 78.8 cm³/mol. The molecule has 2 aromatic rings. The molecule has 1 heterocycles. The zero-order valence-corrected chi connectivity index (χ0v) is 12.7. The molecule has 0 saturated heterocycles. The van der Waals surface area contributed by atoms with E-state index in [0.717, 1.165) is 4.47 Å². The van der Waals surface area contributed by atoms with Crippen LogP contribution >= 0.6 is 15.9 Å². The van der Waals surface area contributed by atoms with Gasteiger partial charge in [-0.25, -0.2) is 4.79 Å². The van der Waals surface area contributed by atoms with Crippen molar-refractivity contribution in [3.8, 4) is 0 Å². The fourth-order valence-electron chi connectivity index (χ4n) is 1.68. The molecule has 6 heteroatoms. The highest BCUT2D eigenvalue weighted by Gasteiger charge is 2.20. The number of esters is 1. The van der Waals surface area contributed by atoms with Gasteiger partial charge in [-0.05, 0) is 19.1 Å². The molecule has 0 spiro atoms. The summed E-state index contributed by atoms with van der Waals surface area (Å²) in [4.78, 5) is 24.0. The highest BCUT2D eigenvalue weighted by Crippen LogP contribution is 2.13. The van der Waals surface area contributed by atoms with E-state index in [2.05, 4.69) is 15.9 Å². The summed E-state index contributed by atoms with van der Waals surface area (Å²) < 4.78 is 6.53. The van der Waals surface area contributed by atoms with Gasteiger partial charge in [0.25, 0.3) is 0 Å². The number of carbonyl (C=O) groups is 2. The van der Waals surface area contributed by atoms with E-state index in [-0.39, 0.29) is 11.3 Å². The standard InChI is InChI=1S/C15H12BrNO4/c1-10(14(18)11-2-4-13(16)5-3-11)21-15(19)12-6-8-17(20)9-7-12/h2-10H,1H3/t10-/m1/s1. The summed E-state index contributed by atoms with van der Waals surface area (Å²) in [5.74, 6) is -0.931. The van der Waals surface area contributed by atoms with E-state index < -0.39 is 12.1 Å². The second-order valence-electron chi connectivity index (χ2n) is 4.37. The SMILES string of the molecule is C[C@@H](OC(=O)c1cc[n+]([O-])cc1)C(=O)c1ccc(Br)cc1. The first kappa shape index (κ1) is 15.2. The second kappa shape index (κ2) is 6.49. The van der Waals surface area contributed by atoms with E-state index in [9.17, 15) is 14.8 Å². The van der Waals surface area contributed by atoms with E-state index in [1.807, 2.05) is 0 Å². The van der Waals surface area contributed by atoms with Crippen molar-refractivity contribution in [1.29, 1.82) is 0 Å². The molecule has 0 aliphatic carbocycles. The van der Waals surface area contributed by atoms with Crippen molar-refractivity contribution in [2.45, 2.75) is 13.0 Å². The Morgan fingerprint density at radius 3 is 2.24 bits per heavy atom. The Morgan fingerprint density at radius 1 is 1.10 bits per heavy atom. The third-order valence-corrected chi connectivity index (χ3v) is 3.35. The maximum atomic E-state index is 12.1. The molecule has 1 atom stereocenters. The van der Waals surface area contributed by atoms with Gasteiger partial charge < -0.3 is 9.94 Å². The van der Waals surface area contributed by atoms with E-state index in [0.29, 0.717) is 10.3 Å². The molecule has 0 unspecified atom stereocenters. The Hall–Kier alpha value is -2.21. The fourth-order valence-corrected chi connectivity index (χ4v) is 1.94. The Kier molecular flexibility index (Phi) is 4.70.